The van der Waals surface area contributed by atoms with Crippen molar-refractivity contribution in [1.29, 1.82) is 0 Å². The van der Waals surface area contributed by atoms with Gasteiger partial charge in [0.1, 0.15) is 5.75 Å². The van der Waals surface area contributed by atoms with Gasteiger partial charge in [-0.05, 0) is 17.7 Å². The molecule has 0 fully saturated rings. The van der Waals surface area contributed by atoms with Crippen molar-refractivity contribution in [2.45, 2.75) is 6.04 Å². The van der Waals surface area contributed by atoms with Crippen LogP contribution >= 0.6 is 0 Å². The molecule has 0 aliphatic rings. The molecule has 0 radical (unpaired) electrons. The molecule has 1 aromatic rings. The molecule has 4 nitrogen and oxygen atoms in total. The number of hydrogen-bond acceptors (Lipinski definition) is 4. The van der Waals surface area contributed by atoms with Crippen LogP contribution in [0.4, 0.5) is 0 Å². The topological polar surface area (TPSA) is 55.7 Å². The average Bonchev–Trinajstić information content (AvgIpc) is 2.21. The highest BCUT2D eigenvalue weighted by atomic mass is 16.5. The van der Waals surface area contributed by atoms with Gasteiger partial charge in [-0.3, -0.25) is 0 Å². The minimum Gasteiger partial charge on any atom is -0.497 e. The van der Waals surface area contributed by atoms with Crippen LogP contribution in [0.25, 0.3) is 0 Å². The molecule has 1 atom stereocenters. The van der Waals surface area contributed by atoms with E-state index in [1.165, 1.54) is 0 Å². The molecule has 13 heavy (non-hydrogen) atoms. The predicted molar refractivity (Wildman–Crippen MR) is 47.6 cm³/mol. The molecular weight excluding hydrogens is 170 g/mol. The highest BCUT2D eigenvalue weighted by Crippen LogP contribution is 2.18. The number of carbonyl (C=O) groups excluding carboxylic acids is 1. The molecule has 4 heteroatoms. The lowest BCUT2D eigenvalue weighted by molar-refractivity contribution is -0.108. The Labute approximate surface area is 75.5 Å². The van der Waals surface area contributed by atoms with Crippen molar-refractivity contribution in [2.24, 2.45) is 5.18 Å². The van der Waals surface area contributed by atoms with E-state index in [0.29, 0.717) is 17.6 Å². The van der Waals surface area contributed by atoms with E-state index in [2.05, 4.69) is 5.18 Å². The zero-order valence-corrected chi connectivity index (χ0v) is 7.14. The van der Waals surface area contributed by atoms with Gasteiger partial charge in [-0.1, -0.05) is 17.3 Å². The number of methoxy groups -OCH3 is 1. The van der Waals surface area contributed by atoms with Crippen molar-refractivity contribution < 1.29 is 9.53 Å². The second-order valence-electron chi connectivity index (χ2n) is 2.46. The fraction of sp³-hybridized carbons (Fsp3) is 0.222. The second-order valence-corrected chi connectivity index (χ2v) is 2.46. The van der Waals surface area contributed by atoms with E-state index in [1.807, 2.05) is 0 Å². The number of carbonyl (C=O) groups is 1. The van der Waals surface area contributed by atoms with E-state index in [4.69, 9.17) is 4.74 Å². The summed E-state index contributed by atoms with van der Waals surface area (Å²) in [6.07, 6.45) is 0.509. The minimum absolute atomic E-state index is 0.509. The normalized spacial score (nSPS) is 11.8. The lowest BCUT2D eigenvalue weighted by atomic mass is 10.1. The lowest BCUT2D eigenvalue weighted by Crippen LogP contribution is -1.95. The molecule has 0 spiro atoms. The van der Waals surface area contributed by atoms with Gasteiger partial charge in [0.05, 0.1) is 7.11 Å². The van der Waals surface area contributed by atoms with Crippen LogP contribution in [0, 0.1) is 4.91 Å². The molecule has 1 rings (SSSR count). The summed E-state index contributed by atoms with van der Waals surface area (Å²) in [6, 6.07) is 5.72. The summed E-state index contributed by atoms with van der Waals surface area (Å²) in [5.41, 5.74) is 0.575. The van der Waals surface area contributed by atoms with E-state index in [1.54, 1.807) is 31.4 Å². The van der Waals surface area contributed by atoms with Gasteiger partial charge in [-0.25, -0.2) is 0 Å². The molecule has 0 aliphatic heterocycles. The third-order valence-electron chi connectivity index (χ3n) is 1.70. The number of hydrogen-bond donors (Lipinski definition) is 0. The summed E-state index contributed by atoms with van der Waals surface area (Å²) in [6.45, 7) is 0. The highest BCUT2D eigenvalue weighted by Gasteiger charge is 2.09. The standard InChI is InChI=1S/C9H9NO3/c1-13-8-4-2-7(3-5-8)9(6-11)10-12/h2-6,9H,1H3. The van der Waals surface area contributed by atoms with Crippen LogP contribution < -0.4 is 4.74 Å². The third-order valence-corrected chi connectivity index (χ3v) is 1.70. The van der Waals surface area contributed by atoms with Crippen LogP contribution in [0.5, 0.6) is 5.75 Å². The van der Waals surface area contributed by atoms with Crippen LogP contribution in [-0.4, -0.2) is 13.4 Å². The quantitative estimate of drug-likeness (QED) is 0.522. The van der Waals surface area contributed by atoms with Gasteiger partial charge in [0.15, 0.2) is 12.3 Å². The van der Waals surface area contributed by atoms with Gasteiger partial charge < -0.3 is 9.53 Å². The first-order valence-corrected chi connectivity index (χ1v) is 3.73. The van der Waals surface area contributed by atoms with Gasteiger partial charge in [-0.15, -0.1) is 4.91 Å². The van der Waals surface area contributed by atoms with Crippen molar-refractivity contribution in [3.05, 3.63) is 34.7 Å². The van der Waals surface area contributed by atoms with Crippen LogP contribution in [0.2, 0.25) is 0 Å². The molecule has 0 amide bonds. The Balaban J connectivity index is 2.90. The molecule has 0 bridgehead atoms. The van der Waals surface area contributed by atoms with E-state index in [-0.39, 0.29) is 0 Å². The molecule has 0 saturated heterocycles. The molecule has 1 aromatic carbocycles. The molecule has 0 N–H and O–H groups in total. The lowest BCUT2D eigenvalue weighted by Gasteiger charge is -2.02. The van der Waals surface area contributed by atoms with E-state index >= 15 is 0 Å². The van der Waals surface area contributed by atoms with Gasteiger partial charge in [0.25, 0.3) is 0 Å². The third kappa shape index (κ3) is 2.11. The maximum Gasteiger partial charge on any atom is 0.172 e. The molecule has 0 aromatic heterocycles. The first-order chi connectivity index (χ1) is 6.31. The fourth-order valence-electron chi connectivity index (χ4n) is 0.965. The molecule has 0 saturated carbocycles. The van der Waals surface area contributed by atoms with Gasteiger partial charge in [-0.2, -0.15) is 0 Å². The molecule has 1 unspecified atom stereocenters. The number of aldehydes is 1. The van der Waals surface area contributed by atoms with Gasteiger partial charge in [0, 0.05) is 0 Å². The average molecular weight is 179 g/mol. The minimum atomic E-state index is -0.911. The Bertz CT molecular complexity index is 286. The Morgan fingerprint density at radius 1 is 1.38 bits per heavy atom. The van der Waals surface area contributed by atoms with Crippen LogP contribution in [0.1, 0.15) is 11.6 Å². The Morgan fingerprint density at radius 3 is 2.38 bits per heavy atom. The number of nitroso groups, excluding NO2 is 1. The number of benzene rings is 1. The van der Waals surface area contributed by atoms with E-state index < -0.39 is 6.04 Å². The Morgan fingerprint density at radius 2 is 2.00 bits per heavy atom. The van der Waals surface area contributed by atoms with Crippen LogP contribution in [0.15, 0.2) is 29.4 Å². The fourth-order valence-corrected chi connectivity index (χ4v) is 0.965. The number of rotatable bonds is 4. The SMILES string of the molecule is COc1ccc(C(C=O)N=O)cc1. The molecule has 68 valence electrons. The highest BCUT2D eigenvalue weighted by molar-refractivity contribution is 5.61. The molecule has 0 aliphatic carbocycles. The van der Waals surface area contributed by atoms with Crippen molar-refractivity contribution in [3.63, 3.8) is 0 Å². The van der Waals surface area contributed by atoms with Crippen molar-refractivity contribution in [1.82, 2.24) is 0 Å². The zero-order chi connectivity index (χ0) is 9.68. The van der Waals surface area contributed by atoms with E-state index in [0.717, 1.165) is 0 Å². The number of ether oxygens (including phenoxy) is 1. The summed E-state index contributed by atoms with van der Waals surface area (Å²) < 4.78 is 4.92. The largest absolute Gasteiger partial charge is 0.497 e. The molecule has 0 heterocycles. The van der Waals surface area contributed by atoms with Crippen LogP contribution in [-0.2, 0) is 4.79 Å². The summed E-state index contributed by atoms with van der Waals surface area (Å²) in [4.78, 5) is 20.5. The summed E-state index contributed by atoms with van der Waals surface area (Å²) >= 11 is 0. The van der Waals surface area contributed by atoms with Crippen molar-refractivity contribution in [2.75, 3.05) is 7.11 Å². The predicted octanol–water partition coefficient (Wildman–Crippen LogP) is 1.70. The van der Waals surface area contributed by atoms with Gasteiger partial charge in [0.2, 0.25) is 0 Å². The Kier molecular flexibility index (Phi) is 3.14. The smallest absolute Gasteiger partial charge is 0.172 e. The van der Waals surface area contributed by atoms with Gasteiger partial charge >= 0.3 is 0 Å². The maximum absolute atomic E-state index is 10.4. The zero-order valence-electron chi connectivity index (χ0n) is 7.14. The van der Waals surface area contributed by atoms with Crippen molar-refractivity contribution >= 4 is 6.29 Å². The number of nitrogens with zero attached hydrogens (tertiary/aromatic N) is 1. The monoisotopic (exact) mass is 179 g/mol. The summed E-state index contributed by atoms with van der Waals surface area (Å²) in [5, 5.41) is 2.67. The first kappa shape index (κ1) is 9.38. The maximum atomic E-state index is 10.4. The Hall–Kier alpha value is -1.71. The van der Waals surface area contributed by atoms with Crippen LogP contribution in [0.3, 0.4) is 0 Å². The molecular formula is C9H9NO3. The first-order valence-electron chi connectivity index (χ1n) is 3.73. The summed E-state index contributed by atoms with van der Waals surface area (Å²) in [5.74, 6) is 0.680. The van der Waals surface area contributed by atoms with Crippen molar-refractivity contribution in [3.8, 4) is 5.75 Å². The second kappa shape index (κ2) is 4.35. The van der Waals surface area contributed by atoms with E-state index in [9.17, 15) is 9.70 Å². The summed E-state index contributed by atoms with van der Waals surface area (Å²) in [7, 11) is 1.55.